The van der Waals surface area contributed by atoms with E-state index in [9.17, 15) is 9.90 Å². The Morgan fingerprint density at radius 1 is 1.39 bits per heavy atom. The van der Waals surface area contributed by atoms with Crippen LogP contribution in [0.25, 0.3) is 0 Å². The molecule has 1 amide bonds. The Kier molecular flexibility index (Phi) is 5.48. The van der Waals surface area contributed by atoms with Gasteiger partial charge in [0.2, 0.25) is 5.91 Å². The van der Waals surface area contributed by atoms with E-state index >= 15 is 0 Å². The molecule has 0 bridgehead atoms. The maximum atomic E-state index is 12.1. The second-order valence-corrected chi connectivity index (χ2v) is 7.92. The van der Waals surface area contributed by atoms with Gasteiger partial charge >= 0.3 is 0 Å². The van der Waals surface area contributed by atoms with Crippen LogP contribution in [0.2, 0.25) is 0 Å². The Hall–Kier alpha value is -2.22. The minimum Gasteiger partial charge on any atom is -0.391 e. The molecule has 0 unspecified atom stereocenters. The van der Waals surface area contributed by atoms with Crippen LogP contribution in [0.15, 0.2) is 42.6 Å². The molecule has 0 radical (unpaired) electrons. The highest BCUT2D eigenvalue weighted by Gasteiger charge is 2.70. The van der Waals surface area contributed by atoms with Gasteiger partial charge in [0, 0.05) is 57.0 Å². The van der Waals surface area contributed by atoms with Crippen molar-refractivity contribution in [2.24, 2.45) is 11.3 Å². The number of carbonyl (C=O) groups is 1. The molecule has 1 aliphatic carbocycles. The first-order valence-electron chi connectivity index (χ1n) is 9.84. The van der Waals surface area contributed by atoms with Crippen LogP contribution < -0.4 is 5.32 Å². The van der Waals surface area contributed by atoms with Crippen molar-refractivity contribution >= 4 is 5.91 Å². The topological polar surface area (TPSA) is 90.5 Å². The Morgan fingerprint density at radius 2 is 2.21 bits per heavy atom. The molecule has 4 rings (SSSR count). The largest absolute Gasteiger partial charge is 0.391 e. The number of amides is 1. The lowest BCUT2D eigenvalue weighted by Gasteiger charge is -2.16. The number of nitrogens with zero attached hydrogens (tertiary/aromatic N) is 2. The van der Waals surface area contributed by atoms with Crippen LogP contribution in [-0.2, 0) is 16.1 Å². The molecule has 1 aliphatic heterocycles. The quantitative estimate of drug-likeness (QED) is 0.635. The molecular formula is C21H28N4O3. The highest BCUT2D eigenvalue weighted by molar-refractivity contribution is 5.76. The number of ether oxygens (including phenoxy) is 1. The summed E-state index contributed by atoms with van der Waals surface area (Å²) in [6, 6.07) is 12.3. The summed E-state index contributed by atoms with van der Waals surface area (Å²) in [5.74, 6) is 0.471. The minimum absolute atomic E-state index is 0.00230. The van der Waals surface area contributed by atoms with Gasteiger partial charge in [-0.15, -0.1) is 0 Å². The van der Waals surface area contributed by atoms with E-state index in [2.05, 4.69) is 32.5 Å². The number of aliphatic hydroxyl groups excluding tert-OH is 1. The molecule has 1 saturated heterocycles. The van der Waals surface area contributed by atoms with Crippen molar-refractivity contribution in [3.8, 4) is 0 Å². The predicted octanol–water partition coefficient (Wildman–Crippen LogP) is 1.14. The number of aromatic nitrogens is 2. The van der Waals surface area contributed by atoms with Crippen LogP contribution in [0, 0.1) is 11.3 Å². The number of H-pyrrole nitrogens is 1. The van der Waals surface area contributed by atoms with Crippen LogP contribution in [0.1, 0.15) is 23.6 Å². The number of hydrogen-bond acceptors (Lipinski definition) is 5. The van der Waals surface area contributed by atoms with Gasteiger partial charge in [0.05, 0.1) is 12.7 Å². The van der Waals surface area contributed by atoms with E-state index in [0.717, 1.165) is 18.8 Å². The number of nitrogens with one attached hydrogen (secondary N) is 2. The second-order valence-electron chi connectivity index (χ2n) is 7.92. The molecule has 1 spiro atoms. The molecule has 2 fully saturated rings. The smallest absolute Gasteiger partial charge is 0.222 e. The number of rotatable bonds is 8. The number of β-amino-alcohol motifs (C(OH)–C–C–N with tert-alkyl or cyclic N) is 1. The molecule has 2 aromatic rings. The van der Waals surface area contributed by atoms with Crippen LogP contribution >= 0.6 is 0 Å². The van der Waals surface area contributed by atoms with Crippen LogP contribution in [-0.4, -0.2) is 65.6 Å². The fourth-order valence-electron chi connectivity index (χ4n) is 4.93. The molecule has 1 aromatic heterocycles. The van der Waals surface area contributed by atoms with Gasteiger partial charge < -0.3 is 15.2 Å². The Morgan fingerprint density at radius 3 is 2.93 bits per heavy atom. The molecule has 28 heavy (non-hydrogen) atoms. The van der Waals surface area contributed by atoms with Crippen molar-refractivity contribution in [3.63, 3.8) is 0 Å². The third-order valence-electron chi connectivity index (χ3n) is 6.28. The molecule has 1 aromatic carbocycles. The summed E-state index contributed by atoms with van der Waals surface area (Å²) in [5.41, 5.74) is 2.07. The summed E-state index contributed by atoms with van der Waals surface area (Å²) in [5, 5.41) is 21.1. The summed E-state index contributed by atoms with van der Waals surface area (Å²) in [6.07, 6.45) is 1.70. The summed E-state index contributed by atoms with van der Waals surface area (Å²) >= 11 is 0. The summed E-state index contributed by atoms with van der Waals surface area (Å²) in [6.45, 7) is 3.19. The standard InChI is InChI=1S/C21H28N4O3/c1-28-10-8-19(27)22-11-17-20(15-5-3-2-4-6-15)21(17)14-25(13-18(21)26)12-16-7-9-23-24-16/h2-7,9,17-18,20,26H,8,10-14H2,1H3,(H,22,27)(H,23,24)/t17-,18-,20-,21-/m1/s1. The number of methoxy groups -OCH3 is 1. The normalized spacial score (nSPS) is 29.3. The zero-order valence-electron chi connectivity index (χ0n) is 16.2. The van der Waals surface area contributed by atoms with Gasteiger partial charge in [-0.1, -0.05) is 30.3 Å². The van der Waals surface area contributed by atoms with Gasteiger partial charge in [-0.2, -0.15) is 5.10 Å². The molecule has 1 saturated carbocycles. The minimum atomic E-state index is -0.415. The molecule has 150 valence electrons. The van der Waals surface area contributed by atoms with E-state index in [-0.39, 0.29) is 23.2 Å². The first-order valence-corrected chi connectivity index (χ1v) is 9.84. The average Bonchev–Trinajstić information content (AvgIpc) is 2.97. The maximum absolute atomic E-state index is 12.1. The fraction of sp³-hybridized carbons (Fsp3) is 0.524. The van der Waals surface area contributed by atoms with E-state index < -0.39 is 6.10 Å². The molecule has 2 aliphatic rings. The monoisotopic (exact) mass is 384 g/mol. The highest BCUT2D eigenvalue weighted by Crippen LogP contribution is 2.68. The maximum Gasteiger partial charge on any atom is 0.222 e. The molecule has 7 heteroatoms. The third kappa shape index (κ3) is 3.57. The van der Waals surface area contributed by atoms with Crippen molar-refractivity contribution in [1.82, 2.24) is 20.4 Å². The predicted molar refractivity (Wildman–Crippen MR) is 104 cm³/mol. The number of carbonyl (C=O) groups excluding carboxylic acids is 1. The molecule has 4 atom stereocenters. The van der Waals surface area contributed by atoms with Crippen molar-refractivity contribution in [3.05, 3.63) is 53.9 Å². The lowest BCUT2D eigenvalue weighted by Crippen LogP contribution is -2.30. The SMILES string of the molecule is COCCC(=O)NC[C@@H]1[C@@H](c2ccccc2)[C@]12CN(Cc1ccn[nH]1)C[C@H]2O. The zero-order valence-corrected chi connectivity index (χ0v) is 16.2. The third-order valence-corrected chi connectivity index (χ3v) is 6.28. The van der Waals surface area contributed by atoms with Crippen LogP contribution in [0.3, 0.4) is 0 Å². The summed E-state index contributed by atoms with van der Waals surface area (Å²) in [7, 11) is 1.59. The van der Waals surface area contributed by atoms with E-state index in [1.807, 2.05) is 24.3 Å². The van der Waals surface area contributed by atoms with Crippen molar-refractivity contribution in [2.75, 3.05) is 33.4 Å². The zero-order chi connectivity index (χ0) is 19.6. The number of aliphatic hydroxyl groups is 1. The van der Waals surface area contributed by atoms with E-state index in [4.69, 9.17) is 4.74 Å². The number of likely N-dealkylation sites (tertiary alicyclic amines) is 1. The van der Waals surface area contributed by atoms with Gasteiger partial charge in [-0.05, 0) is 23.5 Å². The Bertz CT molecular complexity index is 782. The van der Waals surface area contributed by atoms with Gasteiger partial charge in [0.25, 0.3) is 0 Å². The lowest BCUT2D eigenvalue weighted by molar-refractivity contribution is -0.122. The van der Waals surface area contributed by atoms with Crippen molar-refractivity contribution in [1.29, 1.82) is 0 Å². The molecule has 3 N–H and O–H groups in total. The first-order chi connectivity index (χ1) is 13.6. The van der Waals surface area contributed by atoms with E-state index in [0.29, 0.717) is 26.1 Å². The van der Waals surface area contributed by atoms with Crippen molar-refractivity contribution < 1.29 is 14.6 Å². The number of benzene rings is 1. The fourth-order valence-corrected chi connectivity index (χ4v) is 4.93. The Balaban J connectivity index is 1.48. The van der Waals surface area contributed by atoms with Crippen LogP contribution in [0.5, 0.6) is 0 Å². The summed E-state index contributed by atoms with van der Waals surface area (Å²) in [4.78, 5) is 14.3. The molecular weight excluding hydrogens is 356 g/mol. The number of aromatic amines is 1. The van der Waals surface area contributed by atoms with Gasteiger partial charge in [-0.3, -0.25) is 14.8 Å². The first kappa shape index (κ1) is 19.1. The summed E-state index contributed by atoms with van der Waals surface area (Å²) < 4.78 is 4.98. The van der Waals surface area contributed by atoms with Gasteiger partial charge in [0.15, 0.2) is 0 Å². The van der Waals surface area contributed by atoms with E-state index in [1.165, 1.54) is 5.56 Å². The second kappa shape index (κ2) is 8.03. The van der Waals surface area contributed by atoms with Crippen LogP contribution in [0.4, 0.5) is 0 Å². The Labute approximate surface area is 165 Å². The lowest BCUT2D eigenvalue weighted by atomic mass is 9.95. The molecule has 7 nitrogen and oxygen atoms in total. The van der Waals surface area contributed by atoms with Crippen molar-refractivity contribution in [2.45, 2.75) is 25.0 Å². The van der Waals surface area contributed by atoms with Gasteiger partial charge in [-0.25, -0.2) is 0 Å². The van der Waals surface area contributed by atoms with Gasteiger partial charge in [0.1, 0.15) is 0 Å². The average molecular weight is 384 g/mol. The molecule has 2 heterocycles. The highest BCUT2D eigenvalue weighted by atomic mass is 16.5. The van der Waals surface area contributed by atoms with E-state index in [1.54, 1.807) is 13.3 Å². The number of hydrogen-bond donors (Lipinski definition) is 3.